The number of hydrogen-bond donors (Lipinski definition) is 2. The molecule has 0 saturated carbocycles. The number of sulfonamides is 1. The molecule has 0 aliphatic heterocycles. The van der Waals surface area contributed by atoms with Crippen LogP contribution in [0.3, 0.4) is 0 Å². The molecule has 0 bridgehead atoms. The van der Waals surface area contributed by atoms with Crippen LogP contribution in [0.2, 0.25) is 0 Å². The molecule has 2 N–H and O–H groups in total. The van der Waals surface area contributed by atoms with Crippen LogP contribution in [0.15, 0.2) is 18.2 Å². The van der Waals surface area contributed by atoms with Crippen molar-refractivity contribution in [2.45, 2.75) is 12.8 Å². The first-order valence-electron chi connectivity index (χ1n) is 4.98. The summed E-state index contributed by atoms with van der Waals surface area (Å²) in [6.45, 7) is 0. The van der Waals surface area contributed by atoms with E-state index >= 15 is 0 Å². The van der Waals surface area contributed by atoms with Gasteiger partial charge in [0.2, 0.25) is 10.0 Å². The second-order valence-corrected chi connectivity index (χ2v) is 6.44. The molecule has 18 heavy (non-hydrogen) atoms. The van der Waals surface area contributed by atoms with Gasteiger partial charge in [-0.05, 0) is 41.1 Å². The molecular weight excluding hydrogens is 376 g/mol. The molecule has 100 valence electrons. The van der Waals surface area contributed by atoms with Crippen LogP contribution in [0.5, 0.6) is 0 Å². The molecule has 1 rings (SSSR count). The first-order chi connectivity index (χ1) is 8.32. The Morgan fingerprint density at radius 1 is 1.44 bits per heavy atom. The van der Waals surface area contributed by atoms with Crippen LogP contribution in [-0.4, -0.2) is 25.2 Å². The van der Waals surface area contributed by atoms with Crippen molar-refractivity contribution < 1.29 is 22.7 Å². The minimum absolute atomic E-state index is 0.0105. The summed E-state index contributed by atoms with van der Waals surface area (Å²) in [5, 5.41) is 8.41. The molecule has 1 aromatic rings. The van der Waals surface area contributed by atoms with Crippen molar-refractivity contribution >= 4 is 44.3 Å². The molecule has 0 spiro atoms. The summed E-state index contributed by atoms with van der Waals surface area (Å²) in [6.07, 6.45) is -0.211. The average molecular weight is 387 g/mol. The van der Waals surface area contributed by atoms with E-state index in [2.05, 4.69) is 4.72 Å². The molecule has 8 heteroatoms. The lowest BCUT2D eigenvalue weighted by Gasteiger charge is -2.09. The van der Waals surface area contributed by atoms with E-state index in [1.54, 1.807) is 22.6 Å². The summed E-state index contributed by atoms with van der Waals surface area (Å²) in [7, 11) is -3.65. The number of nitrogens with one attached hydrogen (secondary N) is 1. The van der Waals surface area contributed by atoms with Gasteiger partial charge in [0.05, 0.1) is 15.0 Å². The molecule has 0 atom stereocenters. The van der Waals surface area contributed by atoms with E-state index in [1.165, 1.54) is 18.2 Å². The molecule has 0 aromatic heterocycles. The largest absolute Gasteiger partial charge is 0.481 e. The summed E-state index contributed by atoms with van der Waals surface area (Å²) < 4.78 is 38.8. The van der Waals surface area contributed by atoms with Gasteiger partial charge in [-0.2, -0.15) is 0 Å². The third-order valence-electron chi connectivity index (χ3n) is 2.02. The number of carboxylic acid groups (broad SMARTS) is 1. The summed E-state index contributed by atoms with van der Waals surface area (Å²) >= 11 is 1.70. The highest BCUT2D eigenvalue weighted by Gasteiger charge is 2.14. The molecule has 0 amide bonds. The van der Waals surface area contributed by atoms with Gasteiger partial charge >= 0.3 is 5.97 Å². The topological polar surface area (TPSA) is 83.5 Å². The molecular formula is C10H11FINO4S. The van der Waals surface area contributed by atoms with Crippen molar-refractivity contribution in [2.24, 2.45) is 0 Å². The molecule has 0 fully saturated rings. The fourth-order valence-corrected chi connectivity index (χ4v) is 3.02. The first-order valence-corrected chi connectivity index (χ1v) is 7.71. The number of rotatable bonds is 6. The summed E-state index contributed by atoms with van der Waals surface area (Å²) in [6, 6.07) is 4.07. The van der Waals surface area contributed by atoms with Crippen molar-refractivity contribution in [3.8, 4) is 0 Å². The Morgan fingerprint density at radius 3 is 2.72 bits per heavy atom. The van der Waals surface area contributed by atoms with Crippen molar-refractivity contribution in [1.82, 2.24) is 0 Å². The van der Waals surface area contributed by atoms with E-state index < -0.39 is 21.8 Å². The Balaban J connectivity index is 2.71. The minimum Gasteiger partial charge on any atom is -0.481 e. The van der Waals surface area contributed by atoms with Crippen LogP contribution in [0.25, 0.3) is 0 Å². The molecule has 0 heterocycles. The van der Waals surface area contributed by atoms with Crippen LogP contribution in [0.4, 0.5) is 10.1 Å². The Morgan fingerprint density at radius 2 is 2.11 bits per heavy atom. The number of carboxylic acids is 1. The smallest absolute Gasteiger partial charge is 0.303 e. The zero-order valence-electron chi connectivity index (χ0n) is 9.19. The van der Waals surface area contributed by atoms with E-state index in [4.69, 9.17) is 5.11 Å². The second-order valence-electron chi connectivity index (χ2n) is 3.52. The quantitative estimate of drug-likeness (QED) is 0.732. The van der Waals surface area contributed by atoms with E-state index in [0.29, 0.717) is 0 Å². The van der Waals surface area contributed by atoms with Crippen LogP contribution >= 0.6 is 22.6 Å². The van der Waals surface area contributed by atoms with Crippen molar-refractivity contribution in [1.29, 1.82) is 0 Å². The van der Waals surface area contributed by atoms with Gasteiger partial charge in [-0.15, -0.1) is 0 Å². The van der Waals surface area contributed by atoms with Crippen LogP contribution < -0.4 is 4.72 Å². The Kier molecular flexibility index (Phi) is 5.32. The fraction of sp³-hybridized carbons (Fsp3) is 0.300. The third kappa shape index (κ3) is 4.77. The van der Waals surface area contributed by atoms with E-state index in [-0.39, 0.29) is 27.9 Å². The average Bonchev–Trinajstić information content (AvgIpc) is 2.23. The predicted octanol–water partition coefficient (Wildman–Crippen LogP) is 2.04. The van der Waals surface area contributed by atoms with Crippen molar-refractivity contribution in [3.63, 3.8) is 0 Å². The van der Waals surface area contributed by atoms with Gasteiger partial charge in [0.15, 0.2) is 0 Å². The van der Waals surface area contributed by atoms with Gasteiger partial charge in [0.1, 0.15) is 5.82 Å². The van der Waals surface area contributed by atoms with Crippen LogP contribution in [-0.2, 0) is 14.8 Å². The molecule has 0 aliphatic carbocycles. The van der Waals surface area contributed by atoms with Crippen molar-refractivity contribution in [2.75, 3.05) is 10.5 Å². The van der Waals surface area contributed by atoms with Gasteiger partial charge < -0.3 is 5.11 Å². The fourth-order valence-electron chi connectivity index (χ4n) is 1.21. The van der Waals surface area contributed by atoms with Gasteiger partial charge in [-0.25, -0.2) is 12.8 Å². The highest BCUT2D eigenvalue weighted by molar-refractivity contribution is 14.1. The summed E-state index contributed by atoms with van der Waals surface area (Å²) in [5.41, 5.74) is 0.158. The van der Waals surface area contributed by atoms with Gasteiger partial charge in [-0.1, -0.05) is 6.07 Å². The Bertz CT molecular complexity index is 547. The van der Waals surface area contributed by atoms with Crippen molar-refractivity contribution in [3.05, 3.63) is 27.6 Å². The number of halogens is 2. The number of anilines is 1. The number of hydrogen-bond acceptors (Lipinski definition) is 3. The SMILES string of the molecule is O=C(O)CCCS(=O)(=O)Nc1cccc(F)c1I. The maximum Gasteiger partial charge on any atom is 0.303 e. The molecule has 5 nitrogen and oxygen atoms in total. The highest BCUT2D eigenvalue weighted by atomic mass is 127. The summed E-state index contributed by atoms with van der Waals surface area (Å²) in [4.78, 5) is 10.3. The second kappa shape index (κ2) is 6.32. The van der Waals surface area contributed by atoms with E-state index in [1.807, 2.05) is 0 Å². The Hall–Kier alpha value is -0.900. The Labute approximate surface area is 118 Å². The number of aliphatic carboxylic acids is 1. The van der Waals surface area contributed by atoms with Crippen LogP contribution in [0.1, 0.15) is 12.8 Å². The maximum atomic E-state index is 13.2. The predicted molar refractivity (Wildman–Crippen MR) is 73.4 cm³/mol. The molecule has 0 aliphatic rings. The first kappa shape index (κ1) is 15.2. The molecule has 0 unspecified atom stereocenters. The lowest BCUT2D eigenvalue weighted by molar-refractivity contribution is -0.137. The zero-order chi connectivity index (χ0) is 13.8. The lowest BCUT2D eigenvalue weighted by atomic mass is 10.3. The highest BCUT2D eigenvalue weighted by Crippen LogP contribution is 2.22. The van der Waals surface area contributed by atoms with E-state index in [9.17, 15) is 17.6 Å². The van der Waals surface area contributed by atoms with Gasteiger partial charge in [0.25, 0.3) is 0 Å². The lowest BCUT2D eigenvalue weighted by Crippen LogP contribution is -2.18. The third-order valence-corrected chi connectivity index (χ3v) is 4.47. The normalized spacial score (nSPS) is 11.2. The molecule has 1 aromatic carbocycles. The van der Waals surface area contributed by atoms with Gasteiger partial charge in [-0.3, -0.25) is 9.52 Å². The number of carbonyl (C=O) groups is 1. The maximum absolute atomic E-state index is 13.2. The number of benzene rings is 1. The standard InChI is InChI=1S/C10H11FINO4S/c11-7-3-1-4-8(10(7)12)13-18(16,17)6-2-5-9(14)15/h1,3-4,13H,2,5-6H2,(H,14,15). The minimum atomic E-state index is -3.65. The summed E-state index contributed by atoms with van der Waals surface area (Å²) in [5.74, 6) is -1.88. The molecule has 0 radical (unpaired) electrons. The monoisotopic (exact) mass is 387 g/mol. The van der Waals surface area contributed by atoms with E-state index in [0.717, 1.165) is 0 Å². The van der Waals surface area contributed by atoms with Gasteiger partial charge in [0, 0.05) is 6.42 Å². The molecule has 0 saturated heterocycles. The van der Waals surface area contributed by atoms with Crippen LogP contribution in [0, 0.1) is 9.39 Å². The zero-order valence-corrected chi connectivity index (χ0v) is 12.2.